The predicted molar refractivity (Wildman–Crippen MR) is 119 cm³/mol. The summed E-state index contributed by atoms with van der Waals surface area (Å²) in [5, 5.41) is 3.08. The SMILES string of the molecule is C[C@H](Oc1ccc(S(C)(=O)=O)cc1C(=O)C1NCc2ccc(-c3cccnc3)cc21)C(F)(F)F. The molecule has 0 aliphatic carbocycles. The maximum Gasteiger partial charge on any atom is 0.425 e. The monoisotopic (exact) mass is 490 g/mol. The standard InChI is InChI=1S/C24H21F3N2O4S/c1-14(24(25,26)27)33-21-8-7-18(34(2,31)32)11-20(21)23(30)22-19-10-15(5-6-17(19)13-29-22)16-4-3-9-28-12-16/h3-12,14,22,29H,13H2,1-2H3/t14-,22?/m0/s1. The lowest BCUT2D eigenvalue weighted by Gasteiger charge is -2.21. The maximum absolute atomic E-state index is 13.6. The van der Waals surface area contributed by atoms with Crippen molar-refractivity contribution in [3.8, 4) is 16.9 Å². The summed E-state index contributed by atoms with van der Waals surface area (Å²) in [4.78, 5) is 17.5. The summed E-state index contributed by atoms with van der Waals surface area (Å²) in [6.07, 6.45) is -2.57. The highest BCUT2D eigenvalue weighted by Crippen LogP contribution is 2.36. The highest BCUT2D eigenvalue weighted by molar-refractivity contribution is 7.90. The van der Waals surface area contributed by atoms with Crippen LogP contribution in [0.25, 0.3) is 11.1 Å². The van der Waals surface area contributed by atoms with Crippen molar-refractivity contribution >= 4 is 15.6 Å². The van der Waals surface area contributed by atoms with Gasteiger partial charge in [-0.15, -0.1) is 0 Å². The second kappa shape index (κ2) is 8.84. The van der Waals surface area contributed by atoms with Crippen LogP contribution in [0.4, 0.5) is 13.2 Å². The molecule has 2 atom stereocenters. The summed E-state index contributed by atoms with van der Waals surface area (Å²) in [6, 6.07) is 11.6. The highest BCUT2D eigenvalue weighted by Gasteiger charge is 2.39. The number of carbonyl (C=O) groups is 1. The molecular formula is C24H21F3N2O4S. The van der Waals surface area contributed by atoms with Crippen LogP contribution in [0.15, 0.2) is 65.8 Å². The van der Waals surface area contributed by atoms with Crippen LogP contribution >= 0.6 is 0 Å². The molecule has 0 amide bonds. The van der Waals surface area contributed by atoms with Gasteiger partial charge < -0.3 is 4.74 Å². The molecule has 0 fully saturated rings. The number of nitrogens with zero attached hydrogens (tertiary/aromatic N) is 1. The van der Waals surface area contributed by atoms with Crippen molar-refractivity contribution in [1.29, 1.82) is 0 Å². The number of carbonyl (C=O) groups excluding carboxylic acids is 1. The number of pyridine rings is 1. The summed E-state index contributed by atoms with van der Waals surface area (Å²) < 4.78 is 68.5. The summed E-state index contributed by atoms with van der Waals surface area (Å²) >= 11 is 0. The second-order valence-electron chi connectivity index (χ2n) is 8.07. The van der Waals surface area contributed by atoms with Gasteiger partial charge in [-0.25, -0.2) is 8.42 Å². The van der Waals surface area contributed by atoms with Gasteiger partial charge in [0.15, 0.2) is 21.7 Å². The average Bonchev–Trinajstić information content (AvgIpc) is 3.21. The molecule has 34 heavy (non-hydrogen) atoms. The molecule has 4 rings (SSSR count). The van der Waals surface area contributed by atoms with E-state index in [1.165, 1.54) is 0 Å². The minimum absolute atomic E-state index is 0.190. The van der Waals surface area contributed by atoms with Gasteiger partial charge in [-0.3, -0.25) is 15.1 Å². The fraction of sp³-hybridized carbons (Fsp3) is 0.250. The lowest BCUT2D eigenvalue weighted by atomic mass is 9.94. The molecule has 1 aliphatic heterocycles. The minimum atomic E-state index is -4.66. The maximum atomic E-state index is 13.6. The number of hydrogen-bond acceptors (Lipinski definition) is 6. The van der Waals surface area contributed by atoms with Gasteiger partial charge in [0.05, 0.1) is 16.5 Å². The fourth-order valence-corrected chi connectivity index (χ4v) is 4.39. The molecule has 3 aromatic rings. The van der Waals surface area contributed by atoms with E-state index in [0.29, 0.717) is 12.1 Å². The molecule has 1 aromatic heterocycles. The molecule has 1 unspecified atom stereocenters. The van der Waals surface area contributed by atoms with Crippen LogP contribution in [-0.4, -0.2) is 37.7 Å². The molecule has 2 aromatic carbocycles. The summed E-state index contributed by atoms with van der Waals surface area (Å²) in [5.74, 6) is -0.919. The van der Waals surface area contributed by atoms with Gasteiger partial charge in [0.1, 0.15) is 5.75 Å². The van der Waals surface area contributed by atoms with Crippen molar-refractivity contribution in [3.63, 3.8) is 0 Å². The Balaban J connectivity index is 1.76. The first-order chi connectivity index (χ1) is 15.9. The number of ketones is 1. The van der Waals surface area contributed by atoms with E-state index in [9.17, 15) is 26.4 Å². The highest BCUT2D eigenvalue weighted by atomic mass is 32.2. The number of benzene rings is 2. The third kappa shape index (κ3) is 4.83. The summed E-state index contributed by atoms with van der Waals surface area (Å²) in [6.45, 7) is 1.20. The lowest BCUT2D eigenvalue weighted by Crippen LogP contribution is -2.32. The van der Waals surface area contributed by atoms with Crippen molar-refractivity contribution in [2.75, 3.05) is 6.26 Å². The summed E-state index contributed by atoms with van der Waals surface area (Å²) in [7, 11) is -3.72. The predicted octanol–water partition coefficient (Wildman–Crippen LogP) is 4.51. The molecule has 0 spiro atoms. The van der Waals surface area contributed by atoms with Gasteiger partial charge in [-0.1, -0.05) is 18.2 Å². The second-order valence-corrected chi connectivity index (χ2v) is 10.1. The summed E-state index contributed by atoms with van der Waals surface area (Å²) in [5.41, 5.74) is 2.93. The van der Waals surface area contributed by atoms with Crippen molar-refractivity contribution in [1.82, 2.24) is 10.3 Å². The van der Waals surface area contributed by atoms with Crippen molar-refractivity contribution in [2.24, 2.45) is 0 Å². The number of Topliss-reactive ketones (excluding diaryl/α,β-unsaturated/α-hetero) is 1. The number of sulfone groups is 1. The smallest absolute Gasteiger partial charge is 0.425 e. The van der Waals surface area contributed by atoms with Crippen molar-refractivity contribution < 1.29 is 31.1 Å². The van der Waals surface area contributed by atoms with E-state index in [0.717, 1.165) is 48.1 Å². The van der Waals surface area contributed by atoms with Crippen LogP contribution < -0.4 is 10.1 Å². The molecule has 2 heterocycles. The Morgan fingerprint density at radius 1 is 1.15 bits per heavy atom. The van der Waals surface area contributed by atoms with E-state index in [1.807, 2.05) is 24.3 Å². The minimum Gasteiger partial charge on any atom is -0.480 e. The van der Waals surface area contributed by atoms with Gasteiger partial charge in [-0.05, 0) is 59.5 Å². The number of hydrogen-bond donors (Lipinski definition) is 1. The molecule has 1 N–H and O–H groups in total. The van der Waals surface area contributed by atoms with Crippen LogP contribution in [0.1, 0.15) is 34.5 Å². The van der Waals surface area contributed by atoms with Crippen molar-refractivity contribution in [3.05, 3.63) is 77.6 Å². The Labute approximate surface area is 194 Å². The van der Waals surface area contributed by atoms with Gasteiger partial charge in [0.25, 0.3) is 0 Å². The number of halogens is 3. The van der Waals surface area contributed by atoms with E-state index in [4.69, 9.17) is 4.74 Å². The number of aromatic nitrogens is 1. The molecule has 1 aliphatic rings. The van der Waals surface area contributed by atoms with Gasteiger partial charge in [0, 0.05) is 25.2 Å². The average molecular weight is 491 g/mol. The zero-order chi connectivity index (χ0) is 24.7. The zero-order valence-electron chi connectivity index (χ0n) is 18.3. The van der Waals surface area contributed by atoms with E-state index in [1.54, 1.807) is 18.5 Å². The Kier molecular flexibility index (Phi) is 6.22. The number of ether oxygens (including phenoxy) is 1. The topological polar surface area (TPSA) is 85.4 Å². The molecule has 0 bridgehead atoms. The molecular weight excluding hydrogens is 469 g/mol. The van der Waals surface area contributed by atoms with Gasteiger partial charge in [0.2, 0.25) is 0 Å². The molecule has 0 radical (unpaired) electrons. The molecule has 0 saturated heterocycles. The van der Waals surface area contributed by atoms with Crippen molar-refractivity contribution in [2.45, 2.75) is 36.7 Å². The first-order valence-electron chi connectivity index (χ1n) is 10.3. The van der Waals surface area contributed by atoms with Crippen LogP contribution in [0.3, 0.4) is 0 Å². The van der Waals surface area contributed by atoms with Crippen LogP contribution in [0.5, 0.6) is 5.75 Å². The Bertz CT molecular complexity index is 1340. The van der Waals surface area contributed by atoms with Gasteiger partial charge in [-0.2, -0.15) is 13.2 Å². The molecule has 6 nitrogen and oxygen atoms in total. The third-order valence-corrected chi connectivity index (χ3v) is 6.73. The first kappa shape index (κ1) is 23.9. The Morgan fingerprint density at radius 3 is 2.56 bits per heavy atom. The third-order valence-electron chi connectivity index (χ3n) is 5.62. The van der Waals surface area contributed by atoms with Crippen LogP contribution in [0, 0.1) is 0 Å². The number of rotatable bonds is 6. The van der Waals surface area contributed by atoms with Gasteiger partial charge >= 0.3 is 6.18 Å². The van der Waals surface area contributed by atoms with E-state index in [-0.39, 0.29) is 16.2 Å². The molecule has 0 saturated carbocycles. The van der Waals surface area contributed by atoms with E-state index >= 15 is 0 Å². The number of fused-ring (bicyclic) bond motifs is 1. The number of nitrogens with one attached hydrogen (secondary N) is 1. The lowest BCUT2D eigenvalue weighted by molar-refractivity contribution is -0.189. The largest absolute Gasteiger partial charge is 0.480 e. The molecule has 178 valence electrons. The van der Waals surface area contributed by atoms with Crippen LogP contribution in [0.2, 0.25) is 0 Å². The first-order valence-corrected chi connectivity index (χ1v) is 12.2. The van der Waals surface area contributed by atoms with Crippen LogP contribution in [-0.2, 0) is 16.4 Å². The Morgan fingerprint density at radius 2 is 1.91 bits per heavy atom. The Hall–Kier alpha value is -3.24. The number of alkyl halides is 3. The zero-order valence-corrected chi connectivity index (χ0v) is 19.1. The van der Waals surface area contributed by atoms with E-state index in [2.05, 4.69) is 10.3 Å². The quantitative estimate of drug-likeness (QED) is 0.512. The van der Waals surface area contributed by atoms with E-state index < -0.39 is 33.9 Å². The molecule has 10 heteroatoms. The fourth-order valence-electron chi connectivity index (χ4n) is 3.74. The normalized spacial score (nSPS) is 16.7.